The van der Waals surface area contributed by atoms with Crippen molar-refractivity contribution in [3.63, 3.8) is 0 Å². The fourth-order valence-electron chi connectivity index (χ4n) is 4.45. The van der Waals surface area contributed by atoms with Crippen molar-refractivity contribution in [2.75, 3.05) is 19.7 Å². The number of furan rings is 1. The van der Waals surface area contributed by atoms with Crippen LogP contribution in [0.1, 0.15) is 60.3 Å². The van der Waals surface area contributed by atoms with Crippen molar-refractivity contribution in [2.45, 2.75) is 50.2 Å². The molecule has 32 heavy (non-hydrogen) atoms. The number of carbonyl (C=O) groups excluding carboxylic acids is 2. The molecule has 4 rings (SSSR count). The number of esters is 1. The smallest absolute Gasteiger partial charge is 0.374 e. The highest BCUT2D eigenvalue weighted by atomic mass is 32.2. The van der Waals surface area contributed by atoms with Gasteiger partial charge in [0.1, 0.15) is 0 Å². The number of benzene rings is 1. The molecule has 9 heteroatoms. The van der Waals surface area contributed by atoms with Crippen LogP contribution in [-0.2, 0) is 26.0 Å². The van der Waals surface area contributed by atoms with E-state index in [1.807, 2.05) is 12.1 Å². The summed E-state index contributed by atoms with van der Waals surface area (Å²) in [5, 5.41) is 2.89. The largest absolute Gasteiger partial charge is 0.460 e. The normalized spacial score (nSPS) is 19.8. The topological polar surface area (TPSA) is 106 Å². The van der Waals surface area contributed by atoms with Gasteiger partial charge in [-0.3, -0.25) is 4.79 Å². The summed E-state index contributed by atoms with van der Waals surface area (Å²) < 4.78 is 37.2. The number of sulfonamides is 1. The van der Waals surface area contributed by atoms with Gasteiger partial charge in [0, 0.05) is 19.0 Å². The molecule has 1 amide bonds. The maximum absolute atomic E-state index is 12.9. The Labute approximate surface area is 188 Å². The Balaban J connectivity index is 1.36. The summed E-state index contributed by atoms with van der Waals surface area (Å²) in [6.07, 6.45) is 3.85. The lowest BCUT2D eigenvalue weighted by atomic mass is 9.87. The number of fused-ring (bicyclic) bond motifs is 1. The molecular formula is C23H28N2O6S. The average molecular weight is 461 g/mol. The molecule has 0 radical (unpaired) electrons. The van der Waals surface area contributed by atoms with Gasteiger partial charge in [0.15, 0.2) is 0 Å². The number of hydrogen-bond donors (Lipinski definition) is 1. The molecule has 8 nitrogen and oxygen atoms in total. The van der Waals surface area contributed by atoms with E-state index in [-0.39, 0.29) is 48.4 Å². The molecule has 2 heterocycles. The van der Waals surface area contributed by atoms with E-state index in [2.05, 4.69) is 17.4 Å². The molecule has 1 unspecified atom stereocenters. The summed E-state index contributed by atoms with van der Waals surface area (Å²) in [6, 6.07) is 10.8. The number of rotatable bonds is 6. The summed E-state index contributed by atoms with van der Waals surface area (Å²) in [5.74, 6) is -1.10. The number of ether oxygens (including phenoxy) is 1. The molecule has 1 atom stereocenters. The lowest BCUT2D eigenvalue weighted by Gasteiger charge is -2.32. The molecule has 1 fully saturated rings. The van der Waals surface area contributed by atoms with Crippen LogP contribution in [0.4, 0.5) is 0 Å². The Morgan fingerprint density at radius 1 is 1.12 bits per heavy atom. The number of amides is 1. The van der Waals surface area contributed by atoms with Gasteiger partial charge < -0.3 is 14.5 Å². The van der Waals surface area contributed by atoms with Gasteiger partial charge >= 0.3 is 5.97 Å². The van der Waals surface area contributed by atoms with Gasteiger partial charge in [-0.2, -0.15) is 4.31 Å². The summed E-state index contributed by atoms with van der Waals surface area (Å²) in [5.41, 5.74) is 2.47. The maximum atomic E-state index is 12.9. The van der Waals surface area contributed by atoms with Crippen LogP contribution in [-0.4, -0.2) is 44.3 Å². The number of carbonyl (C=O) groups is 2. The van der Waals surface area contributed by atoms with Crippen molar-refractivity contribution < 1.29 is 27.2 Å². The van der Waals surface area contributed by atoms with Crippen LogP contribution >= 0.6 is 0 Å². The first-order chi connectivity index (χ1) is 15.4. The molecule has 2 aromatic rings. The summed E-state index contributed by atoms with van der Waals surface area (Å²) >= 11 is 0. The first-order valence-corrected chi connectivity index (χ1v) is 12.5. The number of hydrogen-bond acceptors (Lipinski definition) is 6. The third kappa shape index (κ3) is 4.59. The molecule has 1 saturated heterocycles. The predicted octanol–water partition coefficient (Wildman–Crippen LogP) is 3.05. The number of nitrogens with zero attached hydrogens (tertiary/aromatic N) is 1. The van der Waals surface area contributed by atoms with Crippen LogP contribution in [0.25, 0.3) is 0 Å². The molecule has 1 aromatic carbocycles. The Kier molecular flexibility index (Phi) is 6.66. The van der Waals surface area contributed by atoms with Crippen molar-refractivity contribution in [3.8, 4) is 0 Å². The molecule has 0 bridgehead atoms. The molecule has 0 spiro atoms. The number of aryl methyl sites for hydroxylation is 1. The molecule has 1 aromatic heterocycles. The first-order valence-electron chi connectivity index (χ1n) is 11.1. The minimum atomic E-state index is -3.88. The molecule has 1 aliphatic carbocycles. The van der Waals surface area contributed by atoms with Gasteiger partial charge in [0.05, 0.1) is 12.6 Å². The first kappa shape index (κ1) is 22.5. The van der Waals surface area contributed by atoms with Crippen molar-refractivity contribution >= 4 is 21.9 Å². The Morgan fingerprint density at radius 2 is 1.88 bits per heavy atom. The zero-order valence-electron chi connectivity index (χ0n) is 18.1. The Hall–Kier alpha value is -2.65. The SMILES string of the molecule is CCOC(=O)c1ccc(S(=O)(=O)N2CCC(C(=O)NC3CCCc4ccccc43)CC2)o1. The van der Waals surface area contributed by atoms with E-state index in [0.29, 0.717) is 12.8 Å². The van der Waals surface area contributed by atoms with Crippen LogP contribution in [0.2, 0.25) is 0 Å². The van der Waals surface area contributed by atoms with Crippen LogP contribution in [0.3, 0.4) is 0 Å². The number of nitrogens with one attached hydrogen (secondary N) is 1. The lowest BCUT2D eigenvalue weighted by molar-refractivity contribution is -0.127. The van der Waals surface area contributed by atoms with E-state index in [1.54, 1.807) is 6.92 Å². The highest BCUT2D eigenvalue weighted by Gasteiger charge is 2.35. The van der Waals surface area contributed by atoms with Crippen molar-refractivity contribution in [2.24, 2.45) is 5.92 Å². The van der Waals surface area contributed by atoms with Gasteiger partial charge in [-0.25, -0.2) is 13.2 Å². The third-order valence-electron chi connectivity index (χ3n) is 6.16. The maximum Gasteiger partial charge on any atom is 0.374 e. The van der Waals surface area contributed by atoms with Gasteiger partial charge in [0.25, 0.3) is 10.0 Å². The zero-order valence-corrected chi connectivity index (χ0v) is 18.9. The van der Waals surface area contributed by atoms with Gasteiger partial charge in [-0.05, 0) is 62.3 Å². The standard InChI is InChI=1S/C23H28N2O6S/c1-2-30-23(27)20-10-11-21(31-20)32(28,29)25-14-12-17(13-15-25)22(26)24-19-9-5-7-16-6-3-4-8-18(16)19/h3-4,6,8,10-11,17,19H,2,5,7,9,12-15H2,1H3,(H,24,26). The molecule has 2 aliphatic rings. The Bertz CT molecular complexity index is 1090. The molecule has 172 valence electrons. The van der Waals surface area contributed by atoms with Crippen molar-refractivity contribution in [1.29, 1.82) is 0 Å². The second-order valence-electron chi connectivity index (χ2n) is 8.17. The second kappa shape index (κ2) is 9.46. The van der Waals surface area contributed by atoms with E-state index in [9.17, 15) is 18.0 Å². The van der Waals surface area contributed by atoms with E-state index < -0.39 is 16.0 Å². The van der Waals surface area contributed by atoms with Crippen LogP contribution < -0.4 is 5.32 Å². The van der Waals surface area contributed by atoms with Crippen LogP contribution in [0, 0.1) is 5.92 Å². The second-order valence-corrected chi connectivity index (χ2v) is 10.0. The highest BCUT2D eigenvalue weighted by Crippen LogP contribution is 2.31. The summed E-state index contributed by atoms with van der Waals surface area (Å²) in [7, 11) is -3.88. The number of piperidine rings is 1. The van der Waals surface area contributed by atoms with Gasteiger partial charge in [-0.15, -0.1) is 0 Å². The van der Waals surface area contributed by atoms with E-state index >= 15 is 0 Å². The molecule has 1 aliphatic heterocycles. The molecule has 1 N–H and O–H groups in total. The highest BCUT2D eigenvalue weighted by molar-refractivity contribution is 7.89. The van der Waals surface area contributed by atoms with Gasteiger partial charge in [0.2, 0.25) is 16.8 Å². The van der Waals surface area contributed by atoms with E-state index in [0.717, 1.165) is 19.3 Å². The summed E-state index contributed by atoms with van der Waals surface area (Å²) in [6.45, 7) is 2.27. The average Bonchev–Trinajstić information content (AvgIpc) is 3.31. The minimum Gasteiger partial charge on any atom is -0.460 e. The Morgan fingerprint density at radius 3 is 2.62 bits per heavy atom. The predicted molar refractivity (Wildman–Crippen MR) is 116 cm³/mol. The fraction of sp³-hybridized carbons (Fsp3) is 0.478. The van der Waals surface area contributed by atoms with E-state index in [1.165, 1.54) is 27.6 Å². The third-order valence-corrected chi connectivity index (χ3v) is 7.94. The van der Waals surface area contributed by atoms with E-state index in [4.69, 9.17) is 9.15 Å². The van der Waals surface area contributed by atoms with Crippen molar-refractivity contribution in [1.82, 2.24) is 9.62 Å². The zero-order chi connectivity index (χ0) is 22.7. The monoisotopic (exact) mass is 460 g/mol. The summed E-state index contributed by atoms with van der Waals surface area (Å²) in [4.78, 5) is 24.6. The van der Waals surface area contributed by atoms with Gasteiger partial charge in [-0.1, -0.05) is 24.3 Å². The molecule has 0 saturated carbocycles. The fourth-order valence-corrected chi connectivity index (χ4v) is 5.83. The lowest BCUT2D eigenvalue weighted by Crippen LogP contribution is -2.44. The van der Waals surface area contributed by atoms with Crippen molar-refractivity contribution in [3.05, 3.63) is 53.3 Å². The van der Waals surface area contributed by atoms with Crippen LogP contribution in [0.5, 0.6) is 0 Å². The molecular weight excluding hydrogens is 432 g/mol. The quantitative estimate of drug-likeness (QED) is 0.664. The minimum absolute atomic E-state index is 0.0126. The van der Waals surface area contributed by atoms with Crippen LogP contribution in [0.15, 0.2) is 45.9 Å².